The van der Waals surface area contributed by atoms with Gasteiger partial charge >= 0.3 is 12.2 Å². The van der Waals surface area contributed by atoms with Gasteiger partial charge in [-0.3, -0.25) is 0 Å². The fraction of sp³-hybridized carbons (Fsp3) is 0.329. The van der Waals surface area contributed by atoms with Crippen LogP contribution in [0.4, 0.5) is 57.3 Å². The van der Waals surface area contributed by atoms with Crippen molar-refractivity contribution in [2.45, 2.75) is 142 Å². The van der Waals surface area contributed by atoms with Crippen LogP contribution in [0.25, 0.3) is 49.8 Å². The monoisotopic (exact) mass is 1610 g/mol. The summed E-state index contributed by atoms with van der Waals surface area (Å²) in [6.07, 6.45) is 12.4. The first-order valence-corrected chi connectivity index (χ1v) is 40.8. The van der Waals surface area contributed by atoms with E-state index in [-0.39, 0.29) is 79.0 Å². The first-order chi connectivity index (χ1) is 54.5. The summed E-state index contributed by atoms with van der Waals surface area (Å²) in [4.78, 5) is 54.6. The number of amides is 2. The number of rotatable bonds is 18. The van der Waals surface area contributed by atoms with Crippen molar-refractivity contribution in [1.82, 2.24) is 74.4 Å². The van der Waals surface area contributed by atoms with Gasteiger partial charge in [0.05, 0.1) is 103 Å². The molecule has 114 heavy (non-hydrogen) atoms. The van der Waals surface area contributed by atoms with Crippen LogP contribution in [0.2, 0.25) is 0 Å². The van der Waals surface area contributed by atoms with Crippen LogP contribution in [0.1, 0.15) is 97.1 Å². The molecule has 35 heteroatoms. The van der Waals surface area contributed by atoms with Crippen LogP contribution in [0, 0.1) is 17.5 Å². The van der Waals surface area contributed by atoms with Crippen LogP contribution >= 0.6 is 11.8 Å². The zero-order chi connectivity index (χ0) is 80.6. The van der Waals surface area contributed by atoms with Crippen molar-refractivity contribution < 1.29 is 64.4 Å². The smallest absolute Gasteiger partial charge is 0.410 e. The second-order valence-electron chi connectivity index (χ2n) is 29.3. The molecule has 0 aliphatic carbocycles. The molecule has 12 aromatic rings. The predicted octanol–water partition coefficient (Wildman–Crippen LogP) is 12.8. The van der Waals surface area contributed by atoms with Crippen molar-refractivity contribution in [3.63, 3.8) is 0 Å². The lowest BCUT2D eigenvalue weighted by atomic mass is 10.1. The average molecular weight is 1620 g/mol. The van der Waals surface area contributed by atoms with Crippen molar-refractivity contribution in [2.75, 3.05) is 55.2 Å². The summed E-state index contributed by atoms with van der Waals surface area (Å²) in [5, 5.41) is 54.4. The fourth-order valence-electron chi connectivity index (χ4n) is 12.8. The molecule has 3 aliphatic heterocycles. The van der Waals surface area contributed by atoms with E-state index in [0.717, 1.165) is 28.8 Å². The van der Waals surface area contributed by atoms with Crippen LogP contribution < -0.4 is 21.3 Å². The van der Waals surface area contributed by atoms with Gasteiger partial charge in [0.25, 0.3) is 0 Å². The van der Waals surface area contributed by atoms with E-state index in [4.69, 9.17) is 19.6 Å². The van der Waals surface area contributed by atoms with E-state index in [1.807, 2.05) is 32.9 Å². The normalized spacial score (nSPS) is 14.8. The number of benzene rings is 3. The van der Waals surface area contributed by atoms with Gasteiger partial charge in [0.2, 0.25) is 0 Å². The topological polar surface area (TPSA) is 367 Å². The van der Waals surface area contributed by atoms with Gasteiger partial charge in [0.1, 0.15) is 46.1 Å². The summed E-state index contributed by atoms with van der Waals surface area (Å²) < 4.78 is 113. The Bertz CT molecular complexity index is 5720. The van der Waals surface area contributed by atoms with Gasteiger partial charge < -0.3 is 55.9 Å². The number of nitrogens with one attached hydrogen (secondary N) is 4. The maximum atomic E-state index is 14.9. The summed E-state index contributed by atoms with van der Waals surface area (Å²) in [5.74, 6) is -0.409. The van der Waals surface area contributed by atoms with E-state index in [9.17, 15) is 49.8 Å². The zero-order valence-corrected chi connectivity index (χ0v) is 65.6. The van der Waals surface area contributed by atoms with Crippen molar-refractivity contribution in [3.8, 4) is 17.1 Å². The molecule has 0 atom stereocenters. The number of anilines is 6. The first kappa shape index (κ1) is 80.8. The average Bonchev–Trinajstić information content (AvgIpc) is 0.826. The number of hydrogen-bond donors (Lipinski definition) is 7. The second kappa shape index (κ2) is 34.6. The van der Waals surface area contributed by atoms with Crippen molar-refractivity contribution in [1.29, 1.82) is 0 Å². The van der Waals surface area contributed by atoms with Crippen LogP contribution in [0.15, 0.2) is 180 Å². The number of carbonyl (C=O) groups is 2. The SMILES string of the molecule is CC(C)(C)OC(=O)N1CCC(S(=O)(=O)c2ccc3cnc(Nc4ccc(-n5ccc(CO)n5)cc4F)cc3n2)CC1.CC(C)(C)OC(=O)N1CCC(Sc2ccc3cnc(Nc4ccc(-n5ccc(CO)n5)cc4F)cc3n2)CC1.O=S(=O)(c1ccc2cnc(Nc3ccc(-n4ccc(CO)n4)cc3F)cc2n1)C1CCNCC1. The highest BCUT2D eigenvalue weighted by Gasteiger charge is 2.36. The molecule has 0 unspecified atom stereocenters. The number of likely N-dealkylation sites (tertiary alicyclic amines) is 2. The fourth-order valence-corrected chi connectivity index (χ4v) is 17.2. The minimum absolute atomic E-state index is 0.0426. The van der Waals surface area contributed by atoms with Gasteiger partial charge in [0, 0.05) is 121 Å². The molecule has 0 radical (unpaired) electrons. The maximum absolute atomic E-state index is 14.9. The molecule has 12 heterocycles. The first-order valence-electron chi connectivity index (χ1n) is 36.8. The number of sulfone groups is 2. The molecular formula is C79H85F3N18O11S3. The number of aromatic nitrogens is 12. The predicted molar refractivity (Wildman–Crippen MR) is 425 cm³/mol. The van der Waals surface area contributed by atoms with Crippen molar-refractivity contribution >= 4 is 111 Å². The highest BCUT2D eigenvalue weighted by molar-refractivity contribution is 7.99. The lowest BCUT2D eigenvalue weighted by molar-refractivity contribution is 0.0208. The molecule has 596 valence electrons. The largest absolute Gasteiger partial charge is 0.444 e. The van der Waals surface area contributed by atoms with E-state index in [1.165, 1.54) is 61.5 Å². The molecule has 29 nitrogen and oxygen atoms in total. The maximum Gasteiger partial charge on any atom is 0.410 e. The third-order valence-electron chi connectivity index (χ3n) is 18.7. The number of piperidine rings is 3. The number of nitrogens with zero attached hydrogens (tertiary/aromatic N) is 14. The summed E-state index contributed by atoms with van der Waals surface area (Å²) >= 11 is 1.71. The van der Waals surface area contributed by atoms with Gasteiger partial charge in [-0.1, -0.05) is 0 Å². The molecule has 3 fully saturated rings. The number of aliphatic hydroxyl groups excluding tert-OH is 3. The quantitative estimate of drug-likeness (QED) is 0.0419. The summed E-state index contributed by atoms with van der Waals surface area (Å²) in [6, 6.07) is 34.0. The highest BCUT2D eigenvalue weighted by atomic mass is 32.2. The Morgan fingerprint density at radius 3 is 1.18 bits per heavy atom. The third kappa shape index (κ3) is 19.9. The Morgan fingerprint density at radius 1 is 0.474 bits per heavy atom. The zero-order valence-electron chi connectivity index (χ0n) is 63.2. The molecule has 3 saturated heterocycles. The Hall–Kier alpha value is -11.2. The van der Waals surface area contributed by atoms with E-state index >= 15 is 0 Å². The van der Waals surface area contributed by atoms with Crippen LogP contribution in [0.5, 0.6) is 0 Å². The van der Waals surface area contributed by atoms with Gasteiger partial charge in [-0.25, -0.2) is 83.5 Å². The lowest BCUT2D eigenvalue weighted by Gasteiger charge is -2.33. The standard InChI is InChI=1S/C28H31FN6O5S.C28H31FN6O3S.C23H23FN6O3S/c1-28(2,3)40-27(37)34-11-9-21(10-12-34)41(38,39)26-7-4-18-16-30-25(15-24(18)32-26)31-23-6-5-20(14-22(23)29)35-13-8-19(17-36)33-35;1-28(2,3)38-27(37)34-11-9-21(10-12-34)39-26-7-4-18-16-30-25(15-24(18)32-26)31-23-6-5-20(14-22(23)29)35-13-8-19(17-36)33-35;24-19-11-17(30-10-7-16(14-31)29-30)2-3-20(19)27-22-12-21-15(13-26-22)1-4-23(28-21)34(32,33)18-5-8-25-9-6-18/h4-8,13-16,21,36H,9-12,17H2,1-3H3,(H,30,31);4-8,13-16,21,36H,9-12,17H2,1-3H3,(H,30,31);1-4,7,10-13,18,25,31H,5-6,8-9,14H2,(H,26,27). The number of thioether (sulfide) groups is 1. The Labute approximate surface area is 659 Å². The number of pyridine rings is 6. The van der Waals surface area contributed by atoms with Crippen LogP contribution in [-0.4, -0.2) is 180 Å². The van der Waals surface area contributed by atoms with E-state index < -0.39 is 64.9 Å². The van der Waals surface area contributed by atoms with Crippen molar-refractivity contribution in [3.05, 3.63) is 199 Å². The molecule has 2 amide bonds. The van der Waals surface area contributed by atoms with Crippen LogP contribution in [0.3, 0.4) is 0 Å². The number of halogens is 3. The minimum Gasteiger partial charge on any atom is -0.444 e. The molecule has 9 aromatic heterocycles. The molecule has 0 spiro atoms. The van der Waals surface area contributed by atoms with Crippen molar-refractivity contribution in [2.24, 2.45) is 0 Å². The summed E-state index contributed by atoms with van der Waals surface area (Å²) in [7, 11) is -7.30. The van der Waals surface area contributed by atoms with Gasteiger partial charge in [-0.05, 0) is 184 Å². The molecule has 0 saturated carbocycles. The Kier molecular flexibility index (Phi) is 24.6. The molecule has 3 aromatic carbocycles. The van der Waals surface area contributed by atoms with E-state index in [1.54, 1.807) is 147 Å². The molecule has 15 rings (SSSR count). The molecule has 3 aliphatic rings. The van der Waals surface area contributed by atoms with E-state index in [2.05, 4.69) is 61.5 Å². The van der Waals surface area contributed by atoms with Gasteiger partial charge in [-0.2, -0.15) is 15.3 Å². The number of aliphatic hydroxyl groups is 3. The highest BCUT2D eigenvalue weighted by Crippen LogP contribution is 2.35. The Morgan fingerprint density at radius 2 is 0.825 bits per heavy atom. The number of hydrogen-bond acceptors (Lipinski definition) is 25. The second-order valence-corrected chi connectivity index (χ2v) is 35.0. The molecule has 0 bridgehead atoms. The van der Waals surface area contributed by atoms with Crippen LogP contribution in [-0.2, 0) is 49.0 Å². The number of fused-ring (bicyclic) bond motifs is 3. The number of carbonyl (C=O) groups excluding carboxylic acids is 2. The molecule has 7 N–H and O–H groups in total. The summed E-state index contributed by atoms with van der Waals surface area (Å²) in [6.45, 7) is 13.6. The molecular weight excluding hydrogens is 1530 g/mol. The Balaban J connectivity index is 0.000000150. The van der Waals surface area contributed by atoms with E-state index in [0.29, 0.717) is 118 Å². The van der Waals surface area contributed by atoms with Gasteiger partial charge in [-0.15, -0.1) is 11.8 Å². The lowest BCUT2D eigenvalue weighted by Crippen LogP contribution is -2.44. The third-order valence-corrected chi connectivity index (χ3v) is 24.3. The minimum atomic E-state index is -3.76. The number of ether oxygens (including phenoxy) is 2. The summed E-state index contributed by atoms with van der Waals surface area (Å²) in [5.41, 5.74) is 4.10. The van der Waals surface area contributed by atoms with Gasteiger partial charge in [0.15, 0.2) is 29.7 Å².